The van der Waals surface area contributed by atoms with E-state index in [1.54, 1.807) is 42.5 Å². The van der Waals surface area contributed by atoms with Crippen LogP contribution in [-0.2, 0) is 14.8 Å². The van der Waals surface area contributed by atoms with E-state index < -0.39 is 21.2 Å². The molecule has 1 aromatic heterocycles. The van der Waals surface area contributed by atoms with E-state index >= 15 is 0 Å². The minimum absolute atomic E-state index is 0.0926. The van der Waals surface area contributed by atoms with Gasteiger partial charge < -0.3 is 0 Å². The van der Waals surface area contributed by atoms with Gasteiger partial charge in [-0.3, -0.25) is 19.6 Å². The van der Waals surface area contributed by atoms with Gasteiger partial charge in [0, 0.05) is 21.7 Å². The Kier molecular flexibility index (Phi) is 5.03. The number of carbonyl (C=O) groups excluding carboxylic acids is 2. The molecule has 1 aliphatic heterocycles. The highest BCUT2D eigenvalue weighted by Crippen LogP contribution is 2.30. The summed E-state index contributed by atoms with van der Waals surface area (Å²) in [4.78, 5) is 27.8. The minimum atomic E-state index is -4.10. The summed E-state index contributed by atoms with van der Waals surface area (Å²) in [7, 11) is -4.10. The lowest BCUT2D eigenvalue weighted by Gasteiger charge is -2.11. The molecule has 1 fully saturated rings. The molecule has 4 rings (SSSR count). The van der Waals surface area contributed by atoms with Crippen molar-refractivity contribution < 1.29 is 18.0 Å². The van der Waals surface area contributed by atoms with Gasteiger partial charge in [-0.15, -0.1) is 0 Å². The molecule has 0 atom stereocenters. The van der Waals surface area contributed by atoms with Crippen molar-refractivity contribution in [2.75, 3.05) is 4.72 Å². The first kappa shape index (κ1) is 19.4. The molecule has 2 N–H and O–H groups in total. The lowest BCUT2D eigenvalue weighted by molar-refractivity contribution is -0.115. The molecule has 0 spiro atoms. The number of anilines is 1. The number of thioether (sulfide) groups is 1. The summed E-state index contributed by atoms with van der Waals surface area (Å²) in [6.45, 7) is 0. The van der Waals surface area contributed by atoms with Gasteiger partial charge in [0.2, 0.25) is 0 Å². The fourth-order valence-corrected chi connectivity index (χ4v) is 4.71. The largest absolute Gasteiger partial charge is 0.290 e. The molecular formula is C19H12ClN3O4S2. The van der Waals surface area contributed by atoms with Crippen LogP contribution in [0.4, 0.5) is 10.5 Å². The second-order valence-corrected chi connectivity index (χ2v) is 9.09. The normalized spacial score (nSPS) is 15.7. The zero-order valence-corrected chi connectivity index (χ0v) is 16.9. The number of nitrogens with one attached hydrogen (secondary N) is 2. The number of sulfonamides is 1. The molecule has 2 heterocycles. The molecule has 146 valence electrons. The molecular weight excluding hydrogens is 434 g/mol. The number of hydrogen-bond donors (Lipinski definition) is 2. The van der Waals surface area contributed by atoms with E-state index in [4.69, 9.17) is 11.6 Å². The van der Waals surface area contributed by atoms with E-state index in [0.717, 1.165) is 0 Å². The van der Waals surface area contributed by atoms with Gasteiger partial charge >= 0.3 is 0 Å². The summed E-state index contributed by atoms with van der Waals surface area (Å²) in [6, 6.07) is 14.8. The first-order valence-corrected chi connectivity index (χ1v) is 10.9. The SMILES string of the molecule is O=C1NC(=O)/C(=C\c2cc3ccccc3nc2S(=O)(=O)Nc2ccc(Cl)cc2)S1. The van der Waals surface area contributed by atoms with Gasteiger partial charge in [0.15, 0.2) is 5.03 Å². The van der Waals surface area contributed by atoms with Crippen molar-refractivity contribution in [1.29, 1.82) is 0 Å². The Morgan fingerprint density at radius 2 is 1.79 bits per heavy atom. The van der Waals surface area contributed by atoms with Gasteiger partial charge in [0.05, 0.1) is 10.4 Å². The Hall–Kier alpha value is -2.88. The molecule has 0 radical (unpaired) electrons. The summed E-state index contributed by atoms with van der Waals surface area (Å²) in [6.07, 6.45) is 1.35. The maximum Gasteiger partial charge on any atom is 0.290 e. The fourth-order valence-electron chi connectivity index (χ4n) is 2.72. The van der Waals surface area contributed by atoms with Gasteiger partial charge in [-0.05, 0) is 54.2 Å². The zero-order chi connectivity index (χ0) is 20.6. The maximum atomic E-state index is 13.1. The number of fused-ring (bicyclic) bond motifs is 1. The molecule has 1 saturated heterocycles. The van der Waals surface area contributed by atoms with Crippen LogP contribution in [0.25, 0.3) is 17.0 Å². The van der Waals surface area contributed by atoms with Crippen LogP contribution in [0.3, 0.4) is 0 Å². The van der Waals surface area contributed by atoms with Gasteiger partial charge in [-0.25, -0.2) is 4.98 Å². The first-order chi connectivity index (χ1) is 13.8. The summed E-state index contributed by atoms with van der Waals surface area (Å²) in [5, 5.41) is 2.54. The van der Waals surface area contributed by atoms with Gasteiger partial charge in [0.25, 0.3) is 21.2 Å². The molecule has 0 saturated carbocycles. The Balaban J connectivity index is 1.85. The predicted octanol–water partition coefficient (Wildman–Crippen LogP) is 4.01. The molecule has 1 aliphatic rings. The Bertz CT molecular complexity index is 1290. The van der Waals surface area contributed by atoms with Crippen molar-refractivity contribution in [3.63, 3.8) is 0 Å². The van der Waals surface area contributed by atoms with E-state index in [1.807, 2.05) is 0 Å². The number of amides is 2. The standard InChI is InChI=1S/C19H12ClN3O4S2/c20-13-5-7-14(8-6-13)23-29(26,27)18-12(10-16-17(24)22-19(25)28-16)9-11-3-1-2-4-15(11)21-18/h1-10,23H,(H,22,24,25)/b16-10+. The third-order valence-corrected chi connectivity index (χ3v) is 6.40. The third kappa shape index (κ3) is 4.12. The van der Waals surface area contributed by atoms with Crippen LogP contribution >= 0.6 is 23.4 Å². The second kappa shape index (κ2) is 7.51. The van der Waals surface area contributed by atoms with Crippen LogP contribution in [0.15, 0.2) is 64.5 Å². The minimum Gasteiger partial charge on any atom is -0.282 e. The molecule has 3 aromatic rings. The molecule has 2 amide bonds. The van der Waals surface area contributed by atoms with Crippen molar-refractivity contribution in [3.8, 4) is 0 Å². The third-order valence-electron chi connectivity index (χ3n) is 4.00. The Labute approximate surface area is 175 Å². The first-order valence-electron chi connectivity index (χ1n) is 8.25. The Morgan fingerprint density at radius 1 is 1.07 bits per heavy atom. The average Bonchev–Trinajstić information content (AvgIpc) is 2.99. The lowest BCUT2D eigenvalue weighted by Crippen LogP contribution is -2.18. The lowest BCUT2D eigenvalue weighted by atomic mass is 10.1. The van der Waals surface area contributed by atoms with Crippen molar-refractivity contribution in [2.45, 2.75) is 5.03 Å². The van der Waals surface area contributed by atoms with Crippen molar-refractivity contribution in [3.05, 3.63) is 70.1 Å². The molecule has 0 bridgehead atoms. The van der Waals surface area contributed by atoms with Crippen LogP contribution in [0.1, 0.15) is 5.56 Å². The fraction of sp³-hybridized carbons (Fsp3) is 0. The Morgan fingerprint density at radius 3 is 2.48 bits per heavy atom. The van der Waals surface area contributed by atoms with Crippen LogP contribution in [0.2, 0.25) is 5.02 Å². The zero-order valence-electron chi connectivity index (χ0n) is 14.5. The van der Waals surface area contributed by atoms with E-state index in [0.29, 0.717) is 33.4 Å². The topological polar surface area (TPSA) is 105 Å². The molecule has 29 heavy (non-hydrogen) atoms. The molecule has 7 nitrogen and oxygen atoms in total. The van der Waals surface area contributed by atoms with Crippen molar-refractivity contribution >= 4 is 67.2 Å². The number of halogens is 1. The predicted molar refractivity (Wildman–Crippen MR) is 113 cm³/mol. The summed E-state index contributed by atoms with van der Waals surface area (Å²) >= 11 is 6.55. The van der Waals surface area contributed by atoms with E-state index in [9.17, 15) is 18.0 Å². The molecule has 2 aromatic carbocycles. The molecule has 10 heteroatoms. The highest BCUT2D eigenvalue weighted by molar-refractivity contribution is 8.18. The van der Waals surface area contributed by atoms with Crippen LogP contribution in [0.5, 0.6) is 0 Å². The number of pyridine rings is 1. The number of carbonyl (C=O) groups is 2. The van der Waals surface area contributed by atoms with Gasteiger partial charge in [-0.2, -0.15) is 8.42 Å². The number of rotatable bonds is 4. The number of imide groups is 1. The average molecular weight is 446 g/mol. The summed E-state index contributed by atoms with van der Waals surface area (Å²) in [5.41, 5.74) is 0.981. The van der Waals surface area contributed by atoms with Gasteiger partial charge in [-0.1, -0.05) is 29.8 Å². The van der Waals surface area contributed by atoms with E-state index in [-0.39, 0.29) is 15.5 Å². The number of nitrogens with zero attached hydrogens (tertiary/aromatic N) is 1. The number of benzene rings is 2. The number of para-hydroxylation sites is 1. The van der Waals surface area contributed by atoms with Crippen LogP contribution < -0.4 is 10.0 Å². The molecule has 0 aliphatic carbocycles. The second-order valence-electron chi connectivity index (χ2n) is 6.04. The highest BCUT2D eigenvalue weighted by Gasteiger charge is 2.27. The monoisotopic (exact) mass is 445 g/mol. The number of hydrogen-bond acceptors (Lipinski definition) is 6. The maximum absolute atomic E-state index is 13.1. The van der Waals surface area contributed by atoms with Gasteiger partial charge in [0.1, 0.15) is 0 Å². The summed E-state index contributed by atoms with van der Waals surface area (Å²) < 4.78 is 28.6. The molecule has 0 unspecified atom stereocenters. The quantitative estimate of drug-likeness (QED) is 0.588. The highest BCUT2D eigenvalue weighted by atomic mass is 35.5. The van der Waals surface area contributed by atoms with E-state index in [1.165, 1.54) is 18.2 Å². The van der Waals surface area contributed by atoms with E-state index in [2.05, 4.69) is 15.0 Å². The summed E-state index contributed by atoms with van der Waals surface area (Å²) in [5.74, 6) is -0.581. The van der Waals surface area contributed by atoms with Crippen LogP contribution in [0, 0.1) is 0 Å². The van der Waals surface area contributed by atoms with Crippen molar-refractivity contribution in [2.24, 2.45) is 0 Å². The number of aromatic nitrogens is 1. The van der Waals surface area contributed by atoms with Crippen molar-refractivity contribution in [1.82, 2.24) is 10.3 Å². The van der Waals surface area contributed by atoms with Crippen LogP contribution in [-0.4, -0.2) is 24.5 Å². The smallest absolute Gasteiger partial charge is 0.282 e.